The summed E-state index contributed by atoms with van der Waals surface area (Å²) in [7, 11) is -3.31. The van der Waals surface area contributed by atoms with Gasteiger partial charge in [-0.05, 0) is 36.1 Å². The molecular formula is C25H23ClN6O3S2. The van der Waals surface area contributed by atoms with E-state index in [4.69, 9.17) is 23.1 Å². The molecule has 0 aliphatic rings. The Morgan fingerprint density at radius 1 is 1.03 bits per heavy atom. The molecule has 0 unspecified atom stereocenters. The fourth-order valence-corrected chi connectivity index (χ4v) is 5.69. The van der Waals surface area contributed by atoms with Gasteiger partial charge >= 0.3 is 0 Å². The predicted octanol–water partition coefficient (Wildman–Crippen LogP) is 4.37. The summed E-state index contributed by atoms with van der Waals surface area (Å²) in [5.41, 5.74) is 13.4. The first-order chi connectivity index (χ1) is 17.6. The standard InChI is InChI=1S/C17H14ClNO.C8H9N5O2S2/c1-2-13-11-12-7-6-10-15(18)16(12)17(20)19(13)14-8-4-3-5-9-14;1-17(14,15)8-12-3-5(16-8)4-2-11-7(10)13-6(4)9/h3-11H,2H2,1H3;2-3H,1H3,(H4,9,10,11,13). The van der Waals surface area contributed by atoms with Crippen LogP contribution in [-0.2, 0) is 16.3 Å². The summed E-state index contributed by atoms with van der Waals surface area (Å²) < 4.78 is 24.3. The van der Waals surface area contributed by atoms with Crippen LogP contribution in [0.1, 0.15) is 12.6 Å². The molecule has 0 saturated carbocycles. The molecule has 3 heterocycles. The monoisotopic (exact) mass is 554 g/mol. The molecule has 0 aliphatic heterocycles. The highest BCUT2D eigenvalue weighted by molar-refractivity contribution is 7.92. The molecule has 4 N–H and O–H groups in total. The van der Waals surface area contributed by atoms with Crippen LogP contribution in [0.25, 0.3) is 26.9 Å². The highest BCUT2D eigenvalue weighted by atomic mass is 35.5. The normalized spacial score (nSPS) is 11.2. The Kier molecular flexibility index (Phi) is 7.58. The van der Waals surface area contributed by atoms with Gasteiger partial charge in [-0.3, -0.25) is 9.36 Å². The minimum Gasteiger partial charge on any atom is -0.383 e. The maximum atomic E-state index is 12.8. The van der Waals surface area contributed by atoms with E-state index in [2.05, 4.69) is 15.0 Å². The van der Waals surface area contributed by atoms with Gasteiger partial charge in [0.25, 0.3) is 5.56 Å². The fraction of sp³-hybridized carbons (Fsp3) is 0.120. The van der Waals surface area contributed by atoms with Gasteiger partial charge in [0.2, 0.25) is 20.1 Å². The summed E-state index contributed by atoms with van der Waals surface area (Å²) in [4.78, 5) is 24.8. The van der Waals surface area contributed by atoms with Crippen molar-refractivity contribution in [3.63, 3.8) is 0 Å². The van der Waals surface area contributed by atoms with Crippen LogP contribution in [0.4, 0.5) is 11.8 Å². The van der Waals surface area contributed by atoms with Gasteiger partial charge in [-0.1, -0.05) is 48.9 Å². The van der Waals surface area contributed by atoms with Gasteiger partial charge in [0.05, 0.1) is 20.8 Å². The van der Waals surface area contributed by atoms with E-state index in [1.807, 2.05) is 55.5 Å². The number of aromatic nitrogens is 4. The first kappa shape index (κ1) is 26.3. The van der Waals surface area contributed by atoms with Crippen molar-refractivity contribution in [1.29, 1.82) is 0 Å². The maximum Gasteiger partial charge on any atom is 0.264 e. The molecule has 0 aliphatic carbocycles. The number of thiazole rings is 1. The Bertz CT molecular complexity index is 1750. The first-order valence-electron chi connectivity index (χ1n) is 11.0. The smallest absolute Gasteiger partial charge is 0.264 e. The Hall–Kier alpha value is -3.80. The molecule has 0 atom stereocenters. The lowest BCUT2D eigenvalue weighted by Gasteiger charge is -2.14. The average molecular weight is 555 g/mol. The number of fused-ring (bicyclic) bond motifs is 1. The minimum absolute atomic E-state index is 0.0312. The van der Waals surface area contributed by atoms with E-state index < -0.39 is 9.84 Å². The number of sulfone groups is 1. The van der Waals surface area contributed by atoms with Crippen LogP contribution in [0.2, 0.25) is 5.02 Å². The lowest BCUT2D eigenvalue weighted by atomic mass is 10.1. The second-order valence-electron chi connectivity index (χ2n) is 7.96. The number of nitrogens with zero attached hydrogens (tertiary/aromatic N) is 4. The molecule has 5 aromatic rings. The molecule has 0 radical (unpaired) electrons. The van der Waals surface area contributed by atoms with Crippen LogP contribution in [0.3, 0.4) is 0 Å². The third kappa shape index (κ3) is 5.63. The molecule has 12 heteroatoms. The Morgan fingerprint density at radius 3 is 2.38 bits per heavy atom. The number of halogens is 1. The van der Waals surface area contributed by atoms with Gasteiger partial charge < -0.3 is 11.5 Å². The zero-order valence-corrected chi connectivity index (χ0v) is 22.3. The van der Waals surface area contributed by atoms with Gasteiger partial charge in [-0.25, -0.2) is 18.4 Å². The third-order valence-corrected chi connectivity index (χ3v) is 8.39. The molecule has 0 bridgehead atoms. The molecule has 190 valence electrons. The van der Waals surface area contributed by atoms with Crippen molar-refractivity contribution in [3.8, 4) is 16.1 Å². The van der Waals surface area contributed by atoms with E-state index >= 15 is 0 Å². The van der Waals surface area contributed by atoms with Gasteiger partial charge in [0.1, 0.15) is 5.82 Å². The van der Waals surface area contributed by atoms with Crippen LogP contribution in [0.15, 0.2) is 76.1 Å². The summed E-state index contributed by atoms with van der Waals surface area (Å²) in [5.74, 6) is 0.264. The van der Waals surface area contributed by atoms with E-state index in [0.717, 1.165) is 40.8 Å². The van der Waals surface area contributed by atoms with Gasteiger partial charge in [-0.2, -0.15) is 4.98 Å². The number of benzene rings is 2. The van der Waals surface area contributed by atoms with Crippen molar-refractivity contribution >= 4 is 55.3 Å². The first-order valence-corrected chi connectivity index (χ1v) is 14.1. The van der Waals surface area contributed by atoms with Crippen molar-refractivity contribution in [2.24, 2.45) is 0 Å². The minimum atomic E-state index is -3.31. The Morgan fingerprint density at radius 2 is 1.76 bits per heavy atom. The van der Waals surface area contributed by atoms with Crippen molar-refractivity contribution in [2.75, 3.05) is 17.7 Å². The number of nitrogens with two attached hydrogens (primary N) is 2. The lowest BCUT2D eigenvalue weighted by Crippen LogP contribution is -2.22. The number of hydrogen-bond donors (Lipinski definition) is 2. The number of para-hydroxylation sites is 1. The Balaban J connectivity index is 0.000000176. The summed E-state index contributed by atoms with van der Waals surface area (Å²) in [6.45, 7) is 2.05. The zero-order chi connectivity index (χ0) is 26.7. The average Bonchev–Trinajstić information content (AvgIpc) is 3.35. The van der Waals surface area contributed by atoms with Gasteiger partial charge in [0.15, 0.2) is 0 Å². The van der Waals surface area contributed by atoms with Crippen LogP contribution in [0.5, 0.6) is 0 Å². The maximum absolute atomic E-state index is 12.8. The number of hydrogen-bond acceptors (Lipinski definition) is 9. The van der Waals surface area contributed by atoms with Crippen LogP contribution in [-0.4, -0.2) is 34.2 Å². The molecule has 9 nitrogen and oxygen atoms in total. The van der Waals surface area contributed by atoms with Gasteiger partial charge in [0, 0.05) is 30.0 Å². The van der Waals surface area contributed by atoms with Crippen molar-refractivity contribution in [3.05, 3.63) is 88.1 Å². The van der Waals surface area contributed by atoms with Crippen LogP contribution >= 0.6 is 22.9 Å². The lowest BCUT2D eigenvalue weighted by molar-refractivity contribution is 0.601. The molecule has 0 amide bonds. The second kappa shape index (κ2) is 10.7. The quantitative estimate of drug-likeness (QED) is 0.333. The second-order valence-corrected chi connectivity index (χ2v) is 11.6. The molecule has 3 aromatic heterocycles. The van der Waals surface area contributed by atoms with Crippen molar-refractivity contribution < 1.29 is 8.42 Å². The van der Waals surface area contributed by atoms with E-state index in [0.29, 0.717) is 20.8 Å². The van der Waals surface area contributed by atoms with E-state index in [1.165, 1.54) is 12.4 Å². The SMILES string of the molecule is CCc1cc2cccc(Cl)c2c(=O)n1-c1ccccc1.CS(=O)(=O)c1ncc(-c2cnc(N)nc2N)s1. The van der Waals surface area contributed by atoms with Gasteiger partial charge in [-0.15, -0.1) is 11.3 Å². The summed E-state index contributed by atoms with van der Waals surface area (Å²) in [5, 5.41) is 1.97. The Labute approximate surface area is 222 Å². The molecule has 0 saturated heterocycles. The molecule has 0 fully saturated rings. The number of pyridine rings is 1. The molecule has 37 heavy (non-hydrogen) atoms. The highest BCUT2D eigenvalue weighted by Gasteiger charge is 2.16. The zero-order valence-electron chi connectivity index (χ0n) is 19.9. The topological polar surface area (TPSA) is 147 Å². The van der Waals surface area contributed by atoms with E-state index in [1.54, 1.807) is 10.6 Å². The third-order valence-electron chi connectivity index (χ3n) is 5.35. The van der Waals surface area contributed by atoms with E-state index in [-0.39, 0.29) is 21.7 Å². The molecule has 0 spiro atoms. The van der Waals surface area contributed by atoms with Crippen LogP contribution < -0.4 is 17.0 Å². The number of nitrogen functional groups attached to an aromatic ring is 2. The van der Waals surface area contributed by atoms with Crippen LogP contribution in [0, 0.1) is 0 Å². The predicted molar refractivity (Wildman–Crippen MR) is 149 cm³/mol. The van der Waals surface area contributed by atoms with Crippen molar-refractivity contribution in [1.82, 2.24) is 19.5 Å². The molecular weight excluding hydrogens is 532 g/mol. The highest BCUT2D eigenvalue weighted by Crippen LogP contribution is 2.31. The number of aryl methyl sites for hydroxylation is 1. The van der Waals surface area contributed by atoms with E-state index in [9.17, 15) is 13.2 Å². The summed E-state index contributed by atoms with van der Waals surface area (Å²) in [6.07, 6.45) is 4.74. The summed E-state index contributed by atoms with van der Waals surface area (Å²) in [6, 6.07) is 17.3. The fourth-order valence-electron chi connectivity index (χ4n) is 3.65. The summed E-state index contributed by atoms with van der Waals surface area (Å²) >= 11 is 7.22. The molecule has 2 aromatic carbocycles. The number of rotatable bonds is 4. The number of anilines is 2. The largest absolute Gasteiger partial charge is 0.383 e. The molecule has 5 rings (SSSR count). The van der Waals surface area contributed by atoms with Crippen molar-refractivity contribution in [2.45, 2.75) is 17.7 Å².